The summed E-state index contributed by atoms with van der Waals surface area (Å²) in [6.45, 7) is 6.89. The molecule has 0 aliphatic heterocycles. The smallest absolute Gasteiger partial charge is 0.255 e. The van der Waals surface area contributed by atoms with E-state index in [0.29, 0.717) is 5.69 Å². The highest BCUT2D eigenvalue weighted by atomic mass is 32.2. The van der Waals surface area contributed by atoms with Gasteiger partial charge in [-0.25, -0.2) is 13.6 Å². The molecule has 1 aromatic carbocycles. The maximum atomic E-state index is 11.4. The summed E-state index contributed by atoms with van der Waals surface area (Å²) < 4.78 is 22.0. The standard InChI is InChI=1S/C11H12N2O3S/c1-3-8(2)11(14)13-9-4-6-10(7-5-9)17(12,15)16/h3-7H,1-2H2,(H,13,14)(H2,12,15,16). The van der Waals surface area contributed by atoms with Crippen LogP contribution in [-0.4, -0.2) is 14.3 Å². The molecule has 5 nitrogen and oxygen atoms in total. The predicted octanol–water partition coefficient (Wildman–Crippen LogP) is 1.01. The molecule has 1 rings (SSSR count). The molecule has 0 heterocycles. The molecule has 0 aliphatic rings. The average Bonchev–Trinajstić information content (AvgIpc) is 2.27. The van der Waals surface area contributed by atoms with E-state index in [2.05, 4.69) is 18.5 Å². The van der Waals surface area contributed by atoms with Crippen LogP contribution in [0.15, 0.2) is 54.0 Å². The van der Waals surface area contributed by atoms with Crippen molar-refractivity contribution in [3.05, 3.63) is 49.1 Å². The van der Waals surface area contributed by atoms with Gasteiger partial charge in [0.15, 0.2) is 0 Å². The average molecular weight is 252 g/mol. The van der Waals surface area contributed by atoms with Crippen molar-refractivity contribution in [2.75, 3.05) is 5.32 Å². The number of carbonyl (C=O) groups excluding carboxylic acids is 1. The topological polar surface area (TPSA) is 89.3 Å². The first kappa shape index (κ1) is 13.1. The van der Waals surface area contributed by atoms with Crippen LogP contribution in [0.2, 0.25) is 0 Å². The number of benzene rings is 1. The van der Waals surface area contributed by atoms with E-state index < -0.39 is 15.9 Å². The zero-order valence-electron chi connectivity index (χ0n) is 9.01. The van der Waals surface area contributed by atoms with Crippen molar-refractivity contribution < 1.29 is 13.2 Å². The third-order valence-corrected chi connectivity index (χ3v) is 2.91. The highest BCUT2D eigenvalue weighted by Crippen LogP contribution is 2.13. The number of carbonyl (C=O) groups is 1. The first-order valence-corrected chi connectivity index (χ1v) is 6.15. The molecule has 17 heavy (non-hydrogen) atoms. The van der Waals surface area contributed by atoms with E-state index in [0.717, 1.165) is 0 Å². The Labute approximate surface area is 99.7 Å². The molecule has 0 saturated heterocycles. The number of amides is 1. The molecule has 0 saturated carbocycles. The lowest BCUT2D eigenvalue weighted by Crippen LogP contribution is -2.14. The summed E-state index contributed by atoms with van der Waals surface area (Å²) in [6, 6.07) is 5.49. The van der Waals surface area contributed by atoms with E-state index in [4.69, 9.17) is 5.14 Å². The molecule has 0 aliphatic carbocycles. The minimum Gasteiger partial charge on any atom is -0.322 e. The highest BCUT2D eigenvalue weighted by Gasteiger charge is 2.08. The van der Waals surface area contributed by atoms with Crippen molar-refractivity contribution in [3.63, 3.8) is 0 Å². The number of hydrogen-bond donors (Lipinski definition) is 2. The van der Waals surface area contributed by atoms with Crippen LogP contribution >= 0.6 is 0 Å². The zero-order chi connectivity index (χ0) is 13.1. The fraction of sp³-hybridized carbons (Fsp3) is 0. The van der Waals surface area contributed by atoms with Gasteiger partial charge in [0.2, 0.25) is 10.0 Å². The van der Waals surface area contributed by atoms with Crippen molar-refractivity contribution in [2.45, 2.75) is 4.90 Å². The fourth-order valence-electron chi connectivity index (χ4n) is 1.03. The molecule has 0 radical (unpaired) electrons. The van der Waals surface area contributed by atoms with Gasteiger partial charge in [0.25, 0.3) is 5.91 Å². The summed E-state index contributed by atoms with van der Waals surface area (Å²) in [7, 11) is -3.72. The molecule has 90 valence electrons. The molecule has 1 amide bonds. The number of hydrogen-bond acceptors (Lipinski definition) is 3. The van der Waals surface area contributed by atoms with Crippen LogP contribution in [0, 0.1) is 0 Å². The van der Waals surface area contributed by atoms with Crippen LogP contribution in [-0.2, 0) is 14.8 Å². The Morgan fingerprint density at radius 1 is 1.29 bits per heavy atom. The van der Waals surface area contributed by atoms with Crippen LogP contribution in [0.1, 0.15) is 0 Å². The Kier molecular flexibility index (Phi) is 3.82. The summed E-state index contributed by atoms with van der Waals surface area (Å²) >= 11 is 0. The van der Waals surface area contributed by atoms with Crippen LogP contribution in [0.5, 0.6) is 0 Å². The Bertz CT molecular complexity index is 559. The van der Waals surface area contributed by atoms with Gasteiger partial charge in [-0.1, -0.05) is 19.2 Å². The van der Waals surface area contributed by atoms with Crippen molar-refractivity contribution in [3.8, 4) is 0 Å². The molecule has 0 unspecified atom stereocenters. The number of rotatable bonds is 4. The van der Waals surface area contributed by atoms with Gasteiger partial charge < -0.3 is 5.32 Å². The molecule has 0 fully saturated rings. The van der Waals surface area contributed by atoms with E-state index in [1.807, 2.05) is 0 Å². The lowest BCUT2D eigenvalue weighted by molar-refractivity contribution is -0.112. The van der Waals surface area contributed by atoms with Crippen molar-refractivity contribution in [1.82, 2.24) is 0 Å². The van der Waals surface area contributed by atoms with Crippen LogP contribution < -0.4 is 10.5 Å². The lowest BCUT2D eigenvalue weighted by Gasteiger charge is -2.05. The second kappa shape index (κ2) is 4.94. The van der Waals surface area contributed by atoms with Gasteiger partial charge in [-0.3, -0.25) is 4.79 Å². The molecule has 6 heteroatoms. The first-order valence-electron chi connectivity index (χ1n) is 4.60. The number of primary sulfonamides is 1. The number of nitrogens with one attached hydrogen (secondary N) is 1. The summed E-state index contributed by atoms with van der Waals surface area (Å²) in [5, 5.41) is 7.46. The molecular weight excluding hydrogens is 240 g/mol. The maximum Gasteiger partial charge on any atom is 0.255 e. The second-order valence-electron chi connectivity index (χ2n) is 3.25. The Balaban J connectivity index is 2.86. The van der Waals surface area contributed by atoms with Crippen LogP contribution in [0.4, 0.5) is 5.69 Å². The van der Waals surface area contributed by atoms with Crippen LogP contribution in [0.25, 0.3) is 0 Å². The molecule has 1 aromatic rings. The third kappa shape index (κ3) is 3.54. The Morgan fingerprint density at radius 3 is 2.24 bits per heavy atom. The monoisotopic (exact) mass is 252 g/mol. The minimum atomic E-state index is -3.72. The molecule has 0 bridgehead atoms. The number of anilines is 1. The van der Waals surface area contributed by atoms with E-state index in [9.17, 15) is 13.2 Å². The minimum absolute atomic E-state index is 0.0157. The lowest BCUT2D eigenvalue weighted by atomic mass is 10.2. The molecule has 0 atom stereocenters. The van der Waals surface area contributed by atoms with E-state index in [-0.39, 0.29) is 10.5 Å². The number of nitrogens with two attached hydrogens (primary N) is 1. The van der Waals surface area contributed by atoms with Gasteiger partial charge in [-0.05, 0) is 24.3 Å². The fourth-order valence-corrected chi connectivity index (χ4v) is 1.55. The zero-order valence-corrected chi connectivity index (χ0v) is 9.83. The van der Waals surface area contributed by atoms with Gasteiger partial charge in [0, 0.05) is 11.3 Å². The molecule has 3 N–H and O–H groups in total. The Hall–Kier alpha value is -1.92. The summed E-state index contributed by atoms with van der Waals surface area (Å²) in [4.78, 5) is 11.4. The second-order valence-corrected chi connectivity index (χ2v) is 4.81. The summed E-state index contributed by atoms with van der Waals surface area (Å²) in [5.41, 5.74) is 0.672. The maximum absolute atomic E-state index is 11.4. The SMILES string of the molecule is C=CC(=C)C(=O)Nc1ccc(S(N)(=O)=O)cc1. The summed E-state index contributed by atoms with van der Waals surface area (Å²) in [6.07, 6.45) is 1.33. The van der Waals surface area contributed by atoms with Gasteiger partial charge in [-0.15, -0.1) is 0 Å². The third-order valence-electron chi connectivity index (χ3n) is 1.98. The number of sulfonamides is 1. The molecule has 0 spiro atoms. The predicted molar refractivity (Wildman–Crippen MR) is 65.8 cm³/mol. The molecular formula is C11H12N2O3S. The largest absolute Gasteiger partial charge is 0.322 e. The van der Waals surface area contributed by atoms with Crippen molar-refractivity contribution >= 4 is 21.6 Å². The highest BCUT2D eigenvalue weighted by molar-refractivity contribution is 7.89. The van der Waals surface area contributed by atoms with E-state index in [1.165, 1.54) is 30.3 Å². The first-order chi connectivity index (χ1) is 7.84. The Morgan fingerprint density at radius 2 is 1.82 bits per heavy atom. The quantitative estimate of drug-likeness (QED) is 0.619. The normalized spacial score (nSPS) is 10.6. The van der Waals surface area contributed by atoms with Crippen molar-refractivity contribution in [1.29, 1.82) is 0 Å². The van der Waals surface area contributed by atoms with Gasteiger partial charge in [0.05, 0.1) is 4.90 Å². The van der Waals surface area contributed by atoms with Crippen LogP contribution in [0.3, 0.4) is 0 Å². The van der Waals surface area contributed by atoms with E-state index in [1.54, 1.807) is 0 Å². The van der Waals surface area contributed by atoms with Gasteiger partial charge in [0.1, 0.15) is 0 Å². The van der Waals surface area contributed by atoms with Crippen molar-refractivity contribution in [2.24, 2.45) is 5.14 Å². The van der Waals surface area contributed by atoms with E-state index >= 15 is 0 Å². The van der Waals surface area contributed by atoms with Gasteiger partial charge >= 0.3 is 0 Å². The summed E-state index contributed by atoms with van der Waals surface area (Å²) in [5.74, 6) is -0.400. The molecule has 0 aromatic heterocycles. The van der Waals surface area contributed by atoms with Gasteiger partial charge in [-0.2, -0.15) is 0 Å².